The lowest BCUT2D eigenvalue weighted by molar-refractivity contribution is 0.254. The van der Waals surface area contributed by atoms with Gasteiger partial charge in [0.25, 0.3) is 0 Å². The van der Waals surface area contributed by atoms with Crippen LogP contribution in [-0.2, 0) is 0 Å². The van der Waals surface area contributed by atoms with Crippen molar-refractivity contribution in [2.75, 3.05) is 7.11 Å². The van der Waals surface area contributed by atoms with Gasteiger partial charge >= 0.3 is 0 Å². The minimum Gasteiger partial charge on any atom is -0.496 e. The largest absolute Gasteiger partial charge is 0.496 e. The van der Waals surface area contributed by atoms with Crippen molar-refractivity contribution in [3.8, 4) is 5.75 Å². The summed E-state index contributed by atoms with van der Waals surface area (Å²) in [4.78, 5) is 0. The Morgan fingerprint density at radius 3 is 2.70 bits per heavy atom. The topological polar surface area (TPSA) is 34.4 Å². The second-order valence-electron chi connectivity index (χ2n) is 5.51. The molecule has 3 nitrogen and oxygen atoms in total. The first-order chi connectivity index (χ1) is 9.78. The third-order valence-corrected chi connectivity index (χ3v) is 4.17. The van der Waals surface area contributed by atoms with E-state index in [2.05, 4.69) is 24.4 Å². The van der Waals surface area contributed by atoms with E-state index in [1.807, 2.05) is 24.3 Å². The van der Waals surface area contributed by atoms with Gasteiger partial charge in [-0.25, -0.2) is 0 Å². The number of hydrogen-bond donors (Lipinski definition) is 1. The molecule has 0 unspecified atom stereocenters. The Bertz CT molecular complexity index is 544. The number of ether oxygens (including phenoxy) is 1. The molecule has 1 saturated carbocycles. The van der Waals surface area contributed by atoms with E-state index in [0.717, 1.165) is 24.4 Å². The van der Waals surface area contributed by atoms with E-state index >= 15 is 0 Å². The van der Waals surface area contributed by atoms with E-state index in [1.165, 1.54) is 5.56 Å². The maximum atomic E-state index is 5.44. The molecule has 1 N–H and O–H groups in total. The number of benzene rings is 1. The van der Waals surface area contributed by atoms with Gasteiger partial charge in [0.05, 0.1) is 19.4 Å². The van der Waals surface area contributed by atoms with Gasteiger partial charge in [-0.3, -0.25) is 0 Å². The molecule has 1 heterocycles. The first-order valence-corrected chi connectivity index (χ1v) is 7.20. The number of para-hydroxylation sites is 1. The van der Waals surface area contributed by atoms with Gasteiger partial charge in [-0.2, -0.15) is 0 Å². The zero-order valence-corrected chi connectivity index (χ0v) is 12.0. The van der Waals surface area contributed by atoms with Crippen molar-refractivity contribution in [2.45, 2.75) is 37.8 Å². The van der Waals surface area contributed by atoms with Crippen LogP contribution in [0.3, 0.4) is 0 Å². The fourth-order valence-corrected chi connectivity index (χ4v) is 2.98. The molecule has 0 bridgehead atoms. The third kappa shape index (κ3) is 2.59. The van der Waals surface area contributed by atoms with Crippen LogP contribution in [0, 0.1) is 0 Å². The average molecular weight is 271 g/mol. The van der Waals surface area contributed by atoms with Crippen LogP contribution in [0.4, 0.5) is 0 Å². The molecule has 3 heteroatoms. The Hall–Kier alpha value is -1.74. The van der Waals surface area contributed by atoms with Crippen molar-refractivity contribution in [3.05, 3.63) is 54.0 Å². The summed E-state index contributed by atoms with van der Waals surface area (Å²) in [6.45, 7) is 2.15. The molecule has 1 aromatic heterocycles. The fraction of sp³-hybridized carbons (Fsp3) is 0.412. The summed E-state index contributed by atoms with van der Waals surface area (Å²) < 4.78 is 10.9. The molecule has 20 heavy (non-hydrogen) atoms. The summed E-state index contributed by atoms with van der Waals surface area (Å²) in [7, 11) is 1.74. The normalized spacial score (nSPS) is 23.1. The highest BCUT2D eigenvalue weighted by atomic mass is 16.5. The fourth-order valence-electron chi connectivity index (χ4n) is 2.98. The molecule has 1 atom stereocenters. The molecule has 3 rings (SSSR count). The number of furan rings is 1. The van der Waals surface area contributed by atoms with Gasteiger partial charge in [0.1, 0.15) is 11.5 Å². The molecule has 2 aromatic rings. The molecule has 1 fully saturated rings. The summed E-state index contributed by atoms with van der Waals surface area (Å²) in [5.74, 6) is 2.62. The Kier molecular flexibility index (Phi) is 3.79. The van der Waals surface area contributed by atoms with Crippen molar-refractivity contribution < 1.29 is 9.15 Å². The minimum absolute atomic E-state index is 0.272. The van der Waals surface area contributed by atoms with Gasteiger partial charge in [-0.15, -0.1) is 0 Å². The highest BCUT2D eigenvalue weighted by molar-refractivity contribution is 5.37. The first kappa shape index (κ1) is 13.3. The van der Waals surface area contributed by atoms with Crippen LogP contribution in [0.1, 0.15) is 43.0 Å². The van der Waals surface area contributed by atoms with Gasteiger partial charge in [-0.1, -0.05) is 18.2 Å². The smallest absolute Gasteiger partial charge is 0.122 e. The van der Waals surface area contributed by atoms with Crippen molar-refractivity contribution in [2.24, 2.45) is 0 Å². The average Bonchev–Trinajstić information content (AvgIpc) is 2.96. The van der Waals surface area contributed by atoms with Crippen LogP contribution < -0.4 is 10.1 Å². The molecule has 0 amide bonds. The van der Waals surface area contributed by atoms with Gasteiger partial charge in [0.15, 0.2) is 0 Å². The predicted molar refractivity (Wildman–Crippen MR) is 79.0 cm³/mol. The van der Waals surface area contributed by atoms with Gasteiger partial charge in [0, 0.05) is 6.04 Å². The summed E-state index contributed by atoms with van der Waals surface area (Å²) in [6.07, 6.45) is 4.04. The highest BCUT2D eigenvalue weighted by Crippen LogP contribution is 2.41. The lowest BCUT2D eigenvalue weighted by Gasteiger charge is -2.38. The van der Waals surface area contributed by atoms with Crippen molar-refractivity contribution in [1.29, 1.82) is 0 Å². The Morgan fingerprint density at radius 2 is 2.00 bits per heavy atom. The number of rotatable bonds is 5. The van der Waals surface area contributed by atoms with Crippen molar-refractivity contribution in [1.82, 2.24) is 5.32 Å². The Morgan fingerprint density at radius 1 is 1.20 bits per heavy atom. The molecule has 0 radical (unpaired) electrons. The second-order valence-corrected chi connectivity index (χ2v) is 5.51. The zero-order chi connectivity index (χ0) is 13.9. The third-order valence-electron chi connectivity index (χ3n) is 4.17. The zero-order valence-electron chi connectivity index (χ0n) is 12.0. The van der Waals surface area contributed by atoms with Gasteiger partial charge < -0.3 is 14.5 Å². The van der Waals surface area contributed by atoms with E-state index in [9.17, 15) is 0 Å². The van der Waals surface area contributed by atoms with Crippen molar-refractivity contribution in [3.63, 3.8) is 0 Å². The quantitative estimate of drug-likeness (QED) is 0.896. The van der Waals surface area contributed by atoms with Crippen LogP contribution in [0.5, 0.6) is 5.75 Å². The van der Waals surface area contributed by atoms with Crippen LogP contribution in [-0.4, -0.2) is 13.2 Å². The number of nitrogens with one attached hydrogen (secondary N) is 1. The van der Waals surface area contributed by atoms with Gasteiger partial charge in [0.2, 0.25) is 0 Å². The predicted octanol–water partition coefficient (Wildman–Crippen LogP) is 3.89. The maximum Gasteiger partial charge on any atom is 0.122 e. The molecule has 106 valence electrons. The molecule has 1 aliphatic rings. The van der Waals surface area contributed by atoms with E-state index in [-0.39, 0.29) is 6.04 Å². The molecule has 0 aliphatic heterocycles. The number of methoxy groups -OCH3 is 1. The lowest BCUT2D eigenvalue weighted by atomic mass is 9.75. The molecule has 1 aliphatic carbocycles. The van der Waals surface area contributed by atoms with E-state index < -0.39 is 0 Å². The monoisotopic (exact) mass is 271 g/mol. The van der Waals surface area contributed by atoms with Crippen LogP contribution >= 0.6 is 0 Å². The van der Waals surface area contributed by atoms with Crippen LogP contribution in [0.2, 0.25) is 0 Å². The minimum atomic E-state index is 0.272. The summed E-state index contributed by atoms with van der Waals surface area (Å²) in [5, 5.41) is 3.62. The lowest BCUT2D eigenvalue weighted by Crippen LogP contribution is -2.41. The number of hydrogen-bond acceptors (Lipinski definition) is 3. The Balaban J connectivity index is 1.56. The van der Waals surface area contributed by atoms with Crippen LogP contribution in [0.15, 0.2) is 47.1 Å². The van der Waals surface area contributed by atoms with Gasteiger partial charge in [-0.05, 0) is 49.4 Å². The van der Waals surface area contributed by atoms with E-state index in [1.54, 1.807) is 13.4 Å². The highest BCUT2D eigenvalue weighted by Gasteiger charge is 2.33. The summed E-state index contributed by atoms with van der Waals surface area (Å²) in [6, 6.07) is 13.1. The standard InChI is InChI=1S/C17H21NO2/c1-12(16-8-5-9-20-16)18-14-10-13(11-14)15-6-3-4-7-17(15)19-2/h3-9,12-14,18H,10-11H2,1-2H3/t12-,13?,14?/m0/s1. The SMILES string of the molecule is COc1ccccc1C1CC(N[C@@H](C)c2ccco2)C1. The molecule has 0 spiro atoms. The van der Waals surface area contributed by atoms with E-state index in [4.69, 9.17) is 9.15 Å². The van der Waals surface area contributed by atoms with Crippen molar-refractivity contribution >= 4 is 0 Å². The summed E-state index contributed by atoms with van der Waals surface area (Å²) >= 11 is 0. The second kappa shape index (κ2) is 5.71. The first-order valence-electron chi connectivity index (χ1n) is 7.20. The molecule has 1 aromatic carbocycles. The molecular formula is C17H21NO2. The van der Waals surface area contributed by atoms with Crippen LogP contribution in [0.25, 0.3) is 0 Å². The summed E-state index contributed by atoms with van der Waals surface area (Å²) in [5.41, 5.74) is 1.33. The molecular weight excluding hydrogens is 250 g/mol. The maximum absolute atomic E-state index is 5.44. The van der Waals surface area contributed by atoms with E-state index in [0.29, 0.717) is 12.0 Å². The Labute approximate surface area is 119 Å². The molecule has 0 saturated heterocycles.